The van der Waals surface area contributed by atoms with Crippen LogP contribution in [0.5, 0.6) is 5.75 Å². The molecule has 2 rings (SSSR count). The summed E-state index contributed by atoms with van der Waals surface area (Å²) in [6.07, 6.45) is 1.34. The van der Waals surface area contributed by atoms with Crippen LogP contribution in [-0.4, -0.2) is 35.9 Å². The van der Waals surface area contributed by atoms with Crippen LogP contribution in [0.25, 0.3) is 0 Å². The van der Waals surface area contributed by atoms with E-state index in [0.29, 0.717) is 30.3 Å². The van der Waals surface area contributed by atoms with Crippen molar-refractivity contribution in [2.75, 3.05) is 13.2 Å². The van der Waals surface area contributed by atoms with Crippen LogP contribution in [0.3, 0.4) is 0 Å². The van der Waals surface area contributed by atoms with Crippen molar-refractivity contribution in [3.05, 3.63) is 64.7 Å². The minimum absolute atomic E-state index is 0.116. The van der Waals surface area contributed by atoms with Crippen molar-refractivity contribution in [1.82, 2.24) is 10.2 Å². The fraction of sp³-hybridized carbons (Fsp3) is 0.462. The van der Waals surface area contributed by atoms with Gasteiger partial charge in [0, 0.05) is 18.1 Å². The first kappa shape index (κ1) is 25.7. The lowest BCUT2D eigenvalue weighted by atomic mass is 9.86. The molecule has 0 saturated heterocycles. The van der Waals surface area contributed by atoms with Crippen LogP contribution < -0.4 is 10.1 Å². The number of amides is 2. The molecular weight excluding hydrogens is 424 g/mol. The molecule has 2 amide bonds. The third-order valence-corrected chi connectivity index (χ3v) is 5.50. The lowest BCUT2D eigenvalue weighted by molar-refractivity contribution is -0.143. The fourth-order valence-corrected chi connectivity index (χ4v) is 3.63. The smallest absolute Gasteiger partial charge is 0.261 e. The van der Waals surface area contributed by atoms with E-state index in [4.69, 9.17) is 16.3 Å². The Bertz CT molecular complexity index is 891. The first-order chi connectivity index (χ1) is 15.2. The lowest BCUT2D eigenvalue weighted by Gasteiger charge is -2.31. The fourth-order valence-electron chi connectivity index (χ4n) is 3.51. The van der Waals surface area contributed by atoms with Crippen LogP contribution in [0.2, 0.25) is 5.02 Å². The van der Waals surface area contributed by atoms with Crippen LogP contribution in [0, 0.1) is 0 Å². The Morgan fingerprint density at radius 2 is 1.72 bits per heavy atom. The number of ether oxygens (including phenoxy) is 1. The second-order valence-corrected chi connectivity index (χ2v) is 9.33. The van der Waals surface area contributed by atoms with Crippen LogP contribution in [-0.2, 0) is 21.5 Å². The quantitative estimate of drug-likeness (QED) is 0.522. The van der Waals surface area contributed by atoms with Crippen molar-refractivity contribution in [3.8, 4) is 5.75 Å². The number of benzene rings is 2. The summed E-state index contributed by atoms with van der Waals surface area (Å²) in [6, 6.07) is 14.5. The molecule has 0 aliphatic carbocycles. The molecule has 0 saturated carbocycles. The Morgan fingerprint density at radius 1 is 1.06 bits per heavy atom. The standard InChI is InChI=1S/C26H35ClN2O3/c1-6-16-28-25(31)22(7-2)29(17-19-12-14-20(27)15-13-19)24(30)18-32-23-11-9-8-10-21(23)26(3,4)5/h8-15,22H,6-7,16-18H2,1-5H3,(H,28,31)/t22-/m1/s1. The Morgan fingerprint density at radius 3 is 2.31 bits per heavy atom. The highest BCUT2D eigenvalue weighted by atomic mass is 35.5. The summed E-state index contributed by atoms with van der Waals surface area (Å²) in [6.45, 7) is 11.0. The number of carbonyl (C=O) groups is 2. The van der Waals surface area contributed by atoms with Gasteiger partial charge in [-0.3, -0.25) is 9.59 Å². The largest absolute Gasteiger partial charge is 0.483 e. The number of hydrogen-bond donors (Lipinski definition) is 1. The summed E-state index contributed by atoms with van der Waals surface area (Å²) in [5.74, 6) is 0.303. The number of nitrogens with one attached hydrogen (secondary N) is 1. The molecule has 1 atom stereocenters. The van der Waals surface area contributed by atoms with Gasteiger partial charge in [0.25, 0.3) is 5.91 Å². The number of rotatable bonds is 10. The van der Waals surface area contributed by atoms with Gasteiger partial charge in [0.15, 0.2) is 6.61 Å². The first-order valence-electron chi connectivity index (χ1n) is 11.2. The zero-order chi connectivity index (χ0) is 23.7. The van der Waals surface area contributed by atoms with Crippen LogP contribution >= 0.6 is 11.6 Å². The zero-order valence-corrected chi connectivity index (χ0v) is 20.5. The molecule has 0 unspecified atom stereocenters. The predicted molar refractivity (Wildman–Crippen MR) is 130 cm³/mol. The second kappa shape index (κ2) is 11.9. The van der Waals surface area contributed by atoms with E-state index >= 15 is 0 Å². The molecular formula is C26H35ClN2O3. The van der Waals surface area contributed by atoms with E-state index < -0.39 is 6.04 Å². The molecule has 174 valence electrons. The highest BCUT2D eigenvalue weighted by Crippen LogP contribution is 2.31. The molecule has 32 heavy (non-hydrogen) atoms. The Kier molecular flexibility index (Phi) is 9.58. The van der Waals surface area contributed by atoms with Gasteiger partial charge in [-0.25, -0.2) is 0 Å². The van der Waals surface area contributed by atoms with E-state index in [9.17, 15) is 9.59 Å². The number of nitrogens with zero attached hydrogens (tertiary/aromatic N) is 1. The summed E-state index contributed by atoms with van der Waals surface area (Å²) >= 11 is 6.01. The highest BCUT2D eigenvalue weighted by Gasteiger charge is 2.29. The van der Waals surface area contributed by atoms with Gasteiger partial charge in [-0.1, -0.05) is 76.6 Å². The molecule has 0 spiro atoms. The SMILES string of the molecule is CCCNC(=O)[C@@H](CC)N(Cc1ccc(Cl)cc1)C(=O)COc1ccccc1C(C)(C)C. The van der Waals surface area contributed by atoms with Crippen LogP contribution in [0.1, 0.15) is 58.6 Å². The van der Waals surface area contributed by atoms with Gasteiger partial charge < -0.3 is 15.0 Å². The van der Waals surface area contributed by atoms with Gasteiger partial charge in [-0.05, 0) is 47.6 Å². The maximum atomic E-state index is 13.3. The number of carbonyl (C=O) groups excluding carboxylic acids is 2. The van der Waals surface area contributed by atoms with Crippen molar-refractivity contribution in [2.24, 2.45) is 0 Å². The Hall–Kier alpha value is -2.53. The average molecular weight is 459 g/mol. The minimum atomic E-state index is -0.578. The molecule has 0 aliphatic rings. The van der Waals surface area contributed by atoms with Gasteiger partial charge in [0.1, 0.15) is 11.8 Å². The van der Waals surface area contributed by atoms with E-state index in [0.717, 1.165) is 17.5 Å². The van der Waals surface area contributed by atoms with Gasteiger partial charge in [0.2, 0.25) is 5.91 Å². The number of halogens is 1. The van der Waals surface area contributed by atoms with E-state index in [2.05, 4.69) is 26.1 Å². The van der Waals surface area contributed by atoms with Gasteiger partial charge >= 0.3 is 0 Å². The molecule has 6 heteroatoms. The molecule has 0 aromatic heterocycles. The third kappa shape index (κ3) is 7.27. The van der Waals surface area contributed by atoms with Crippen molar-refractivity contribution >= 4 is 23.4 Å². The van der Waals surface area contributed by atoms with Crippen LogP contribution in [0.15, 0.2) is 48.5 Å². The third-order valence-electron chi connectivity index (χ3n) is 5.25. The van der Waals surface area contributed by atoms with Gasteiger partial charge in [-0.15, -0.1) is 0 Å². The normalized spacial score (nSPS) is 12.2. The van der Waals surface area contributed by atoms with Crippen LogP contribution in [0.4, 0.5) is 0 Å². The average Bonchev–Trinajstić information content (AvgIpc) is 2.76. The van der Waals surface area contributed by atoms with Crippen molar-refractivity contribution in [2.45, 2.75) is 65.5 Å². The molecule has 0 aliphatic heterocycles. The van der Waals surface area contributed by atoms with E-state index in [1.54, 1.807) is 17.0 Å². The van der Waals surface area contributed by atoms with Gasteiger partial charge in [0.05, 0.1) is 0 Å². The number of para-hydroxylation sites is 1. The molecule has 0 radical (unpaired) electrons. The molecule has 2 aromatic rings. The second-order valence-electron chi connectivity index (χ2n) is 8.90. The molecule has 5 nitrogen and oxygen atoms in total. The summed E-state index contributed by atoms with van der Waals surface area (Å²) in [7, 11) is 0. The zero-order valence-electron chi connectivity index (χ0n) is 19.8. The monoisotopic (exact) mass is 458 g/mol. The molecule has 2 aromatic carbocycles. The molecule has 0 fully saturated rings. The Balaban J connectivity index is 2.25. The lowest BCUT2D eigenvalue weighted by Crippen LogP contribution is -2.50. The molecule has 1 N–H and O–H groups in total. The van der Waals surface area contributed by atoms with Crippen molar-refractivity contribution in [3.63, 3.8) is 0 Å². The molecule has 0 heterocycles. The number of hydrogen-bond acceptors (Lipinski definition) is 3. The van der Waals surface area contributed by atoms with Gasteiger partial charge in [-0.2, -0.15) is 0 Å². The summed E-state index contributed by atoms with van der Waals surface area (Å²) in [5.41, 5.74) is 1.82. The van der Waals surface area contributed by atoms with Crippen molar-refractivity contribution < 1.29 is 14.3 Å². The predicted octanol–water partition coefficient (Wildman–Crippen LogP) is 5.35. The molecule has 0 bridgehead atoms. The maximum Gasteiger partial charge on any atom is 0.261 e. The highest BCUT2D eigenvalue weighted by molar-refractivity contribution is 6.30. The van der Waals surface area contributed by atoms with E-state index in [1.165, 1.54) is 0 Å². The van der Waals surface area contributed by atoms with E-state index in [-0.39, 0.29) is 23.8 Å². The minimum Gasteiger partial charge on any atom is -0.483 e. The summed E-state index contributed by atoms with van der Waals surface area (Å²) < 4.78 is 5.97. The van der Waals surface area contributed by atoms with E-state index in [1.807, 2.05) is 50.2 Å². The summed E-state index contributed by atoms with van der Waals surface area (Å²) in [5, 5.41) is 3.55. The summed E-state index contributed by atoms with van der Waals surface area (Å²) in [4.78, 5) is 27.7. The topological polar surface area (TPSA) is 58.6 Å². The maximum absolute atomic E-state index is 13.3. The Labute approximate surface area is 197 Å². The van der Waals surface area contributed by atoms with Crippen molar-refractivity contribution in [1.29, 1.82) is 0 Å². The first-order valence-corrected chi connectivity index (χ1v) is 11.6.